The van der Waals surface area contributed by atoms with Crippen molar-refractivity contribution in [3.63, 3.8) is 0 Å². The van der Waals surface area contributed by atoms with E-state index in [0.29, 0.717) is 63.3 Å². The molecule has 2 aromatic heterocycles. The van der Waals surface area contributed by atoms with Crippen LogP contribution in [0.2, 0.25) is 15.1 Å². The van der Waals surface area contributed by atoms with E-state index in [0.717, 1.165) is 16.7 Å². The first-order chi connectivity index (χ1) is 26.6. The lowest BCUT2D eigenvalue weighted by Gasteiger charge is -2.22. The number of carboxylic acid groups (broad SMARTS) is 1. The minimum absolute atomic E-state index is 0.00918. The van der Waals surface area contributed by atoms with Gasteiger partial charge in [-0.05, 0) is 49.6 Å². The molecule has 5 rings (SSSR count). The van der Waals surface area contributed by atoms with Gasteiger partial charge in [-0.1, -0.05) is 83.3 Å². The van der Waals surface area contributed by atoms with E-state index in [9.17, 15) is 20.3 Å². The quantitative estimate of drug-likeness (QED) is 0.0602. The second-order valence-electron chi connectivity index (χ2n) is 12.8. The number of hydrogen-bond donors (Lipinski definition) is 4. The van der Waals surface area contributed by atoms with Crippen LogP contribution in [0.5, 0.6) is 17.5 Å². The van der Waals surface area contributed by atoms with Crippen LogP contribution in [0.4, 0.5) is 0 Å². The first-order valence-corrected chi connectivity index (χ1v) is 18.4. The average Bonchev–Trinajstić information content (AvgIpc) is 3.20. The molecule has 0 fully saturated rings. The lowest BCUT2D eigenvalue weighted by molar-refractivity contribution is -0.150. The molecule has 0 bridgehead atoms. The second kappa shape index (κ2) is 19.6. The summed E-state index contributed by atoms with van der Waals surface area (Å²) >= 11 is 20.7. The van der Waals surface area contributed by atoms with Crippen molar-refractivity contribution in [1.29, 1.82) is 5.26 Å². The van der Waals surface area contributed by atoms with Crippen LogP contribution < -0.4 is 19.5 Å². The van der Waals surface area contributed by atoms with Gasteiger partial charge in [0.2, 0.25) is 11.8 Å². The Bertz CT molecular complexity index is 2150. The second-order valence-corrected chi connectivity index (χ2v) is 14.0. The number of carboxylic acids is 1. The highest BCUT2D eigenvalue weighted by Gasteiger charge is 2.32. The first kappa shape index (κ1) is 41.2. The van der Waals surface area contributed by atoms with Gasteiger partial charge >= 0.3 is 5.97 Å². The molecular formula is C41H39Cl3N4O7. The van der Waals surface area contributed by atoms with Crippen molar-refractivity contribution in [2.75, 3.05) is 32.9 Å². The fraction of sp³-hybridized carbons (Fsp3) is 0.268. The lowest BCUT2D eigenvalue weighted by Crippen LogP contribution is -2.32. The Morgan fingerprint density at radius 3 is 2.27 bits per heavy atom. The van der Waals surface area contributed by atoms with Crippen LogP contribution >= 0.6 is 34.8 Å². The van der Waals surface area contributed by atoms with E-state index in [1.807, 2.05) is 66.7 Å². The summed E-state index contributed by atoms with van der Waals surface area (Å²) in [5, 5.41) is 41.8. The smallest absolute Gasteiger partial charge is 0.311 e. The summed E-state index contributed by atoms with van der Waals surface area (Å²) < 4.78 is 17.9. The highest BCUT2D eigenvalue weighted by Crippen LogP contribution is 2.41. The van der Waals surface area contributed by atoms with Gasteiger partial charge in [0.05, 0.1) is 34.2 Å². The molecule has 0 spiro atoms. The summed E-state index contributed by atoms with van der Waals surface area (Å²) in [6.07, 6.45) is 3.26. The van der Waals surface area contributed by atoms with E-state index in [4.69, 9.17) is 54.1 Å². The molecule has 1 atom stereocenters. The highest BCUT2D eigenvalue weighted by atomic mass is 35.5. The summed E-state index contributed by atoms with van der Waals surface area (Å²) in [7, 11) is 0. The van der Waals surface area contributed by atoms with Crippen LogP contribution in [0.15, 0.2) is 85.2 Å². The number of aliphatic carboxylic acids is 1. The number of aromatic nitrogens is 2. The van der Waals surface area contributed by atoms with Crippen molar-refractivity contribution >= 4 is 40.8 Å². The van der Waals surface area contributed by atoms with E-state index in [1.165, 1.54) is 13.1 Å². The Hall–Kier alpha value is -4.93. The summed E-state index contributed by atoms with van der Waals surface area (Å²) in [4.78, 5) is 20.5. The molecule has 0 unspecified atom stereocenters. The van der Waals surface area contributed by atoms with Crippen molar-refractivity contribution in [3.8, 4) is 45.8 Å². The molecule has 55 heavy (non-hydrogen) atoms. The van der Waals surface area contributed by atoms with E-state index < -0.39 is 18.0 Å². The molecule has 3 aromatic carbocycles. The van der Waals surface area contributed by atoms with Crippen LogP contribution in [0.1, 0.15) is 35.6 Å². The van der Waals surface area contributed by atoms with Gasteiger partial charge in [-0.3, -0.25) is 9.78 Å². The largest absolute Gasteiger partial charge is 0.492 e. The Morgan fingerprint density at radius 2 is 1.56 bits per heavy atom. The number of nitrogens with zero attached hydrogens (tertiary/aromatic N) is 3. The molecule has 0 saturated heterocycles. The minimum Gasteiger partial charge on any atom is -0.492 e. The number of hydrogen-bond acceptors (Lipinski definition) is 10. The normalized spacial score (nSPS) is 12.1. The van der Waals surface area contributed by atoms with E-state index in [2.05, 4.69) is 15.3 Å². The van der Waals surface area contributed by atoms with Crippen molar-refractivity contribution in [1.82, 2.24) is 15.3 Å². The van der Waals surface area contributed by atoms with Crippen LogP contribution in [0.3, 0.4) is 0 Å². The molecule has 286 valence electrons. The number of aliphatic hydroxyl groups excluding tert-OH is 2. The van der Waals surface area contributed by atoms with E-state index >= 15 is 0 Å². The van der Waals surface area contributed by atoms with Crippen molar-refractivity contribution in [2.24, 2.45) is 5.41 Å². The summed E-state index contributed by atoms with van der Waals surface area (Å²) in [5.74, 6) is -0.220. The first-order valence-electron chi connectivity index (χ1n) is 17.3. The maximum atomic E-state index is 11.9. The third-order valence-electron chi connectivity index (χ3n) is 8.83. The Morgan fingerprint density at radius 1 is 0.855 bits per heavy atom. The molecule has 0 aliphatic rings. The number of ether oxygens (including phenoxy) is 3. The van der Waals surface area contributed by atoms with Gasteiger partial charge in [-0.2, -0.15) is 10.2 Å². The number of halogens is 3. The molecule has 0 aliphatic heterocycles. The third kappa shape index (κ3) is 10.6. The third-order valence-corrected chi connectivity index (χ3v) is 9.95. The molecule has 2 heterocycles. The number of pyridine rings is 2. The average molecular weight is 806 g/mol. The number of carbonyl (C=O) groups is 1. The van der Waals surface area contributed by atoms with Crippen LogP contribution in [0.25, 0.3) is 22.3 Å². The number of aryl methyl sites for hydroxylation is 1. The SMILES string of the molecule is C[C@@](CO)(CCc1cc(Cl)c(OCc2cccc(-c3cccc(-c4ccc(OCCNCCO)cc4)c3Cl)c2Cl)nc1OCc1cncc(C#N)c1)C(=O)O. The molecule has 0 saturated carbocycles. The van der Waals surface area contributed by atoms with Gasteiger partial charge in [0.25, 0.3) is 0 Å². The predicted octanol–water partition coefficient (Wildman–Crippen LogP) is 7.78. The summed E-state index contributed by atoms with van der Waals surface area (Å²) in [5.41, 5.74) is 3.86. The summed E-state index contributed by atoms with van der Waals surface area (Å²) in [6.45, 7) is 2.57. The summed E-state index contributed by atoms with van der Waals surface area (Å²) in [6, 6.07) is 24.2. The topological polar surface area (TPSA) is 167 Å². The van der Waals surface area contributed by atoms with Crippen molar-refractivity contribution in [2.45, 2.75) is 33.0 Å². The number of nitrogens with one attached hydrogen (secondary N) is 1. The van der Waals surface area contributed by atoms with Gasteiger partial charge in [0.1, 0.15) is 36.7 Å². The molecular weight excluding hydrogens is 767 g/mol. The van der Waals surface area contributed by atoms with Crippen LogP contribution in [0, 0.1) is 16.7 Å². The molecule has 0 radical (unpaired) electrons. The highest BCUT2D eigenvalue weighted by molar-refractivity contribution is 6.38. The number of nitriles is 1. The molecule has 11 nitrogen and oxygen atoms in total. The van der Waals surface area contributed by atoms with Gasteiger partial charge in [-0.25, -0.2) is 0 Å². The Balaban J connectivity index is 1.36. The zero-order valence-electron chi connectivity index (χ0n) is 29.9. The van der Waals surface area contributed by atoms with E-state index in [-0.39, 0.29) is 49.4 Å². The van der Waals surface area contributed by atoms with E-state index in [1.54, 1.807) is 18.3 Å². The van der Waals surface area contributed by atoms with Crippen molar-refractivity contribution < 1.29 is 34.3 Å². The van der Waals surface area contributed by atoms with Gasteiger partial charge in [-0.15, -0.1) is 0 Å². The molecule has 14 heteroatoms. The van der Waals surface area contributed by atoms with Gasteiger partial charge in [0.15, 0.2) is 0 Å². The number of rotatable bonds is 19. The number of benzene rings is 3. The molecule has 0 amide bonds. The molecule has 0 aliphatic carbocycles. The molecule has 5 aromatic rings. The Kier molecular flexibility index (Phi) is 14.7. The lowest BCUT2D eigenvalue weighted by atomic mass is 9.85. The number of aliphatic hydroxyl groups is 2. The van der Waals surface area contributed by atoms with Crippen molar-refractivity contribution in [3.05, 3.63) is 123 Å². The fourth-order valence-electron chi connectivity index (χ4n) is 5.53. The predicted molar refractivity (Wildman–Crippen MR) is 211 cm³/mol. The Labute approximate surface area is 334 Å². The standard InChI is InChI=1S/C41H39Cl3N4O7/c1-41(25-50,40(51)52)13-12-29-19-35(42)39(48-38(29)54-23-27-18-26(20-45)21-47-22-27)55-24-30-4-2-6-33(36(30)43)34-7-3-5-32(37(34)44)28-8-10-31(11-9-28)53-17-15-46-14-16-49/h2-11,18-19,21-22,46,49-50H,12-17,23-25H2,1H3,(H,51,52)/t41-/m0/s1. The zero-order chi connectivity index (χ0) is 39.4. The molecule has 4 N–H and O–H groups in total. The van der Waals surface area contributed by atoms with Crippen LogP contribution in [-0.2, 0) is 24.4 Å². The monoisotopic (exact) mass is 804 g/mol. The minimum atomic E-state index is -1.40. The zero-order valence-corrected chi connectivity index (χ0v) is 32.2. The van der Waals surface area contributed by atoms with Gasteiger partial charge < -0.3 is 34.8 Å². The fourth-order valence-corrected chi connectivity index (χ4v) is 6.37. The van der Waals surface area contributed by atoms with Crippen LogP contribution in [-0.4, -0.2) is 64.2 Å². The maximum absolute atomic E-state index is 11.9. The van der Waals surface area contributed by atoms with Gasteiger partial charge in [0, 0.05) is 58.9 Å². The maximum Gasteiger partial charge on any atom is 0.311 e.